The van der Waals surface area contributed by atoms with E-state index in [1.165, 1.54) is 25.3 Å². The van der Waals surface area contributed by atoms with Gasteiger partial charge >= 0.3 is 5.97 Å². The Morgan fingerprint density at radius 1 is 1.42 bits per heavy atom. The van der Waals surface area contributed by atoms with E-state index in [4.69, 9.17) is 14.4 Å². The van der Waals surface area contributed by atoms with Crippen molar-refractivity contribution in [2.45, 2.75) is 0 Å². The van der Waals surface area contributed by atoms with Gasteiger partial charge in [-0.1, -0.05) is 5.16 Å². The first-order chi connectivity index (χ1) is 9.06. The number of aromatic hydroxyl groups is 1. The van der Waals surface area contributed by atoms with Gasteiger partial charge in [-0.2, -0.15) is 0 Å². The zero-order chi connectivity index (χ0) is 14.0. The summed E-state index contributed by atoms with van der Waals surface area (Å²) >= 11 is 0. The molecule has 2 aromatic rings. The summed E-state index contributed by atoms with van der Waals surface area (Å²) in [5, 5.41) is 21.7. The fraction of sp³-hybridized carbons (Fsp3) is 0.0833. The summed E-state index contributed by atoms with van der Waals surface area (Å²) in [5.41, 5.74) is 0.134. The highest BCUT2D eigenvalue weighted by atomic mass is 16.5. The first kappa shape index (κ1) is 12.6. The van der Waals surface area contributed by atoms with Gasteiger partial charge in [-0.25, -0.2) is 4.79 Å². The van der Waals surface area contributed by atoms with Crippen molar-refractivity contribution in [3.8, 4) is 22.8 Å². The number of nitrogens with zero attached hydrogens (tertiary/aromatic N) is 1. The Morgan fingerprint density at radius 3 is 2.68 bits per heavy atom. The molecule has 98 valence electrons. The second-order valence-electron chi connectivity index (χ2n) is 3.61. The molecule has 0 aliphatic carbocycles. The van der Waals surface area contributed by atoms with Gasteiger partial charge in [-0.3, -0.25) is 4.79 Å². The smallest absolute Gasteiger partial charge is 0.358 e. The van der Waals surface area contributed by atoms with E-state index in [0.717, 1.165) is 0 Å². The molecule has 0 aliphatic rings. The molecule has 0 radical (unpaired) electrons. The second-order valence-corrected chi connectivity index (χ2v) is 3.61. The van der Waals surface area contributed by atoms with Crippen molar-refractivity contribution in [3.63, 3.8) is 0 Å². The standard InChI is InChI=1S/C12H9NO6/c1-18-11-3-7(6(5-14)2-9(11)15)10-4-8(12(16)17)13-19-10/h2-5,15H,1H3,(H,16,17). The third-order valence-corrected chi connectivity index (χ3v) is 2.47. The highest BCUT2D eigenvalue weighted by Gasteiger charge is 2.17. The molecule has 0 saturated carbocycles. The van der Waals surface area contributed by atoms with Crippen molar-refractivity contribution < 1.29 is 29.1 Å². The third-order valence-electron chi connectivity index (χ3n) is 2.47. The van der Waals surface area contributed by atoms with Crippen LogP contribution < -0.4 is 4.74 Å². The molecule has 2 rings (SSSR count). The van der Waals surface area contributed by atoms with E-state index in [1.54, 1.807) is 0 Å². The lowest BCUT2D eigenvalue weighted by molar-refractivity contribution is 0.0685. The van der Waals surface area contributed by atoms with Crippen LogP contribution in [0.2, 0.25) is 0 Å². The van der Waals surface area contributed by atoms with Gasteiger partial charge in [-0.05, 0) is 12.1 Å². The maximum atomic E-state index is 11.0. The predicted octanol–water partition coefficient (Wildman–Crippen LogP) is 1.57. The third kappa shape index (κ3) is 2.25. The maximum Gasteiger partial charge on any atom is 0.358 e. The minimum absolute atomic E-state index is 0.0952. The zero-order valence-corrected chi connectivity index (χ0v) is 9.78. The number of ether oxygens (including phenoxy) is 1. The van der Waals surface area contributed by atoms with E-state index >= 15 is 0 Å². The predicted molar refractivity (Wildman–Crippen MR) is 62.5 cm³/mol. The van der Waals surface area contributed by atoms with Crippen LogP contribution in [-0.2, 0) is 0 Å². The van der Waals surface area contributed by atoms with Crippen LogP contribution in [-0.4, -0.2) is 34.7 Å². The molecule has 19 heavy (non-hydrogen) atoms. The van der Waals surface area contributed by atoms with Crippen LogP contribution >= 0.6 is 0 Å². The molecule has 0 atom stereocenters. The van der Waals surface area contributed by atoms with E-state index in [0.29, 0.717) is 6.29 Å². The largest absolute Gasteiger partial charge is 0.504 e. The number of carbonyl (C=O) groups excluding carboxylic acids is 1. The van der Waals surface area contributed by atoms with Gasteiger partial charge in [-0.15, -0.1) is 0 Å². The second kappa shape index (κ2) is 4.81. The number of methoxy groups -OCH3 is 1. The summed E-state index contributed by atoms with van der Waals surface area (Å²) in [4.78, 5) is 21.7. The average molecular weight is 263 g/mol. The molecule has 0 amide bonds. The fourth-order valence-corrected chi connectivity index (χ4v) is 1.56. The van der Waals surface area contributed by atoms with Gasteiger partial charge in [0.15, 0.2) is 29.2 Å². The molecule has 0 saturated heterocycles. The van der Waals surface area contributed by atoms with Crippen molar-refractivity contribution in [2.75, 3.05) is 7.11 Å². The van der Waals surface area contributed by atoms with Gasteiger partial charge in [0, 0.05) is 17.2 Å². The number of benzene rings is 1. The molecule has 1 aromatic carbocycles. The Bertz CT molecular complexity index is 646. The van der Waals surface area contributed by atoms with Gasteiger partial charge in [0.25, 0.3) is 0 Å². The summed E-state index contributed by atoms with van der Waals surface area (Å²) in [6.45, 7) is 0. The van der Waals surface area contributed by atoms with Crippen LogP contribution in [0.5, 0.6) is 11.5 Å². The molecule has 2 N–H and O–H groups in total. The van der Waals surface area contributed by atoms with E-state index < -0.39 is 5.97 Å². The number of aromatic nitrogens is 1. The SMILES string of the molecule is COc1cc(-c2cc(C(=O)O)no2)c(C=O)cc1O. The van der Waals surface area contributed by atoms with Gasteiger partial charge in [0.1, 0.15) is 0 Å². The lowest BCUT2D eigenvalue weighted by Crippen LogP contribution is -1.94. The number of carboxylic acids is 1. The lowest BCUT2D eigenvalue weighted by atomic mass is 10.0. The molecule has 7 nitrogen and oxygen atoms in total. The molecule has 0 unspecified atom stereocenters. The van der Waals surface area contributed by atoms with Crippen molar-refractivity contribution >= 4 is 12.3 Å². The first-order valence-electron chi connectivity index (χ1n) is 5.13. The number of carboxylic acid groups (broad SMARTS) is 1. The van der Waals surface area contributed by atoms with Crippen LogP contribution in [0.1, 0.15) is 20.8 Å². The Kier molecular flexibility index (Phi) is 3.19. The molecule has 0 bridgehead atoms. The van der Waals surface area contributed by atoms with Crippen molar-refractivity contribution in [1.29, 1.82) is 0 Å². The number of aromatic carboxylic acids is 1. The normalized spacial score (nSPS) is 10.2. The Hall–Kier alpha value is -2.83. The van der Waals surface area contributed by atoms with Gasteiger partial charge in [0.05, 0.1) is 7.11 Å². The summed E-state index contributed by atoms with van der Waals surface area (Å²) in [5.74, 6) is -1.22. The zero-order valence-electron chi connectivity index (χ0n) is 9.78. The van der Waals surface area contributed by atoms with Crippen LogP contribution in [0.15, 0.2) is 22.7 Å². The van der Waals surface area contributed by atoms with Crippen LogP contribution in [0.25, 0.3) is 11.3 Å². The lowest BCUT2D eigenvalue weighted by Gasteiger charge is -2.07. The number of rotatable bonds is 4. The van der Waals surface area contributed by atoms with Crippen molar-refractivity contribution in [2.24, 2.45) is 0 Å². The quantitative estimate of drug-likeness (QED) is 0.805. The number of carbonyl (C=O) groups is 2. The van der Waals surface area contributed by atoms with Gasteiger partial charge < -0.3 is 19.5 Å². The maximum absolute atomic E-state index is 11.0. The molecule has 0 fully saturated rings. The summed E-state index contributed by atoms with van der Waals surface area (Å²) < 4.78 is 9.78. The minimum Gasteiger partial charge on any atom is -0.504 e. The highest BCUT2D eigenvalue weighted by Crippen LogP contribution is 2.34. The number of aldehydes is 1. The minimum atomic E-state index is -1.24. The number of phenolic OH excluding ortho intramolecular Hbond substituents is 1. The van der Waals surface area contributed by atoms with Crippen LogP contribution in [0.4, 0.5) is 0 Å². The molecule has 1 aromatic heterocycles. The van der Waals surface area contributed by atoms with Crippen molar-refractivity contribution in [3.05, 3.63) is 29.5 Å². The van der Waals surface area contributed by atoms with E-state index in [-0.39, 0.29) is 34.1 Å². The number of phenols is 1. The first-order valence-corrected chi connectivity index (χ1v) is 5.13. The molecule has 0 spiro atoms. The molecule has 7 heteroatoms. The van der Waals surface area contributed by atoms with Gasteiger partial charge in [0.2, 0.25) is 0 Å². The van der Waals surface area contributed by atoms with E-state index in [9.17, 15) is 14.7 Å². The summed E-state index contributed by atoms with van der Waals surface area (Å²) in [6.07, 6.45) is 0.511. The number of hydrogen-bond donors (Lipinski definition) is 2. The molecule has 0 aliphatic heterocycles. The fourth-order valence-electron chi connectivity index (χ4n) is 1.56. The summed E-state index contributed by atoms with van der Waals surface area (Å²) in [6, 6.07) is 3.75. The number of hydrogen-bond acceptors (Lipinski definition) is 6. The van der Waals surface area contributed by atoms with E-state index in [1.807, 2.05) is 0 Å². The highest BCUT2D eigenvalue weighted by molar-refractivity contribution is 5.90. The monoisotopic (exact) mass is 263 g/mol. The Balaban J connectivity index is 2.58. The molecule has 1 heterocycles. The molecular weight excluding hydrogens is 254 g/mol. The van der Waals surface area contributed by atoms with Crippen molar-refractivity contribution in [1.82, 2.24) is 5.16 Å². The average Bonchev–Trinajstić information content (AvgIpc) is 2.88. The van der Waals surface area contributed by atoms with E-state index in [2.05, 4.69) is 5.16 Å². The Labute approximate surface area is 107 Å². The topological polar surface area (TPSA) is 110 Å². The summed E-state index contributed by atoms with van der Waals surface area (Å²) in [7, 11) is 1.35. The van der Waals surface area contributed by atoms with Crippen LogP contribution in [0, 0.1) is 0 Å². The molecular formula is C12H9NO6. The van der Waals surface area contributed by atoms with Crippen LogP contribution in [0.3, 0.4) is 0 Å². The Morgan fingerprint density at radius 2 is 2.16 bits per heavy atom.